The molecule has 5 nitrogen and oxygen atoms in total. The van der Waals surface area contributed by atoms with Crippen molar-refractivity contribution >= 4 is 33.4 Å². The minimum Gasteiger partial charge on any atom is -0.354 e. The number of anilines is 1. The smallest absolute Gasteiger partial charge is 0.240 e. The minimum atomic E-state index is -3.51. The Morgan fingerprint density at radius 2 is 1.85 bits per heavy atom. The van der Waals surface area contributed by atoms with E-state index >= 15 is 0 Å². The molecule has 26 heavy (non-hydrogen) atoms. The summed E-state index contributed by atoms with van der Waals surface area (Å²) in [5.41, 5.74) is 1.56. The molecule has 1 saturated carbocycles. The highest BCUT2D eigenvalue weighted by molar-refractivity contribution is 7.99. The third-order valence-corrected chi connectivity index (χ3v) is 7.17. The Balaban J connectivity index is 1.75. The molecular formula is C19H30N2O3S2. The molecule has 1 aromatic rings. The number of rotatable bonds is 9. The summed E-state index contributed by atoms with van der Waals surface area (Å²) in [5.74, 6) is 0.775. The van der Waals surface area contributed by atoms with Crippen LogP contribution >= 0.6 is 11.8 Å². The number of amides is 1. The summed E-state index contributed by atoms with van der Waals surface area (Å²) < 4.78 is 25.2. The lowest BCUT2D eigenvalue weighted by Gasteiger charge is -2.22. The number of carbonyl (C=O) groups excluding carboxylic acids is 1. The molecule has 1 N–H and O–H groups in total. The number of sulfonamides is 1. The number of benzene rings is 1. The zero-order chi connectivity index (χ0) is 19.0. The summed E-state index contributed by atoms with van der Waals surface area (Å²) in [6.45, 7) is 2.34. The summed E-state index contributed by atoms with van der Waals surface area (Å²) in [6.07, 6.45) is 8.72. The predicted octanol–water partition coefficient (Wildman–Crippen LogP) is 3.33. The van der Waals surface area contributed by atoms with Gasteiger partial charge in [0.1, 0.15) is 6.54 Å². The van der Waals surface area contributed by atoms with Crippen LogP contribution in [0.2, 0.25) is 0 Å². The van der Waals surface area contributed by atoms with E-state index in [2.05, 4.69) is 5.32 Å². The number of hydrogen-bond acceptors (Lipinski definition) is 4. The van der Waals surface area contributed by atoms with Gasteiger partial charge in [0.25, 0.3) is 0 Å². The second-order valence-electron chi connectivity index (χ2n) is 6.94. The maximum atomic E-state index is 12.2. The van der Waals surface area contributed by atoms with Crippen molar-refractivity contribution in [3.63, 3.8) is 0 Å². The molecule has 0 aliphatic heterocycles. The van der Waals surface area contributed by atoms with Gasteiger partial charge in [-0.2, -0.15) is 11.8 Å². The highest BCUT2D eigenvalue weighted by Gasteiger charge is 2.20. The zero-order valence-corrected chi connectivity index (χ0v) is 17.4. The first-order valence-electron chi connectivity index (χ1n) is 9.29. The lowest BCUT2D eigenvalue weighted by molar-refractivity contribution is -0.119. The number of aryl methyl sites for hydroxylation is 1. The molecule has 1 aromatic carbocycles. The van der Waals surface area contributed by atoms with Crippen LogP contribution in [0.25, 0.3) is 0 Å². The Labute approximate surface area is 162 Å². The van der Waals surface area contributed by atoms with Crippen LogP contribution in [0.3, 0.4) is 0 Å². The van der Waals surface area contributed by atoms with E-state index in [1.165, 1.54) is 32.1 Å². The van der Waals surface area contributed by atoms with Gasteiger partial charge in [-0.1, -0.05) is 37.0 Å². The third kappa shape index (κ3) is 7.19. The van der Waals surface area contributed by atoms with Crippen LogP contribution in [0.5, 0.6) is 0 Å². The van der Waals surface area contributed by atoms with Gasteiger partial charge in [0.15, 0.2) is 0 Å². The van der Waals surface area contributed by atoms with Crippen LogP contribution in [-0.2, 0) is 14.8 Å². The minimum absolute atomic E-state index is 0.183. The standard InChI is InChI=1S/C19H30N2O3S2/c1-16-9-11-17(12-10-16)21(26(2,23)24)15-19(22)20-13-6-14-25-18-7-4-3-5-8-18/h9-12,18H,3-8,13-15H2,1-2H3,(H,20,22). The maximum absolute atomic E-state index is 12.2. The second kappa shape index (κ2) is 10.2. The Hall–Kier alpha value is -1.21. The van der Waals surface area contributed by atoms with E-state index in [1.807, 2.05) is 30.8 Å². The van der Waals surface area contributed by atoms with Crippen molar-refractivity contribution in [1.82, 2.24) is 5.32 Å². The molecule has 0 heterocycles. The fourth-order valence-corrected chi connectivity index (χ4v) is 5.25. The van der Waals surface area contributed by atoms with Crippen molar-refractivity contribution in [2.24, 2.45) is 0 Å². The van der Waals surface area contributed by atoms with E-state index in [0.717, 1.165) is 33.5 Å². The second-order valence-corrected chi connectivity index (χ2v) is 10.3. The topological polar surface area (TPSA) is 66.5 Å². The van der Waals surface area contributed by atoms with Crippen molar-refractivity contribution < 1.29 is 13.2 Å². The van der Waals surface area contributed by atoms with E-state index in [4.69, 9.17) is 0 Å². The van der Waals surface area contributed by atoms with Crippen molar-refractivity contribution in [2.75, 3.05) is 29.4 Å². The molecule has 1 fully saturated rings. The lowest BCUT2D eigenvalue weighted by Crippen LogP contribution is -2.40. The van der Waals surface area contributed by atoms with Crippen LogP contribution in [0.1, 0.15) is 44.1 Å². The molecule has 2 rings (SSSR count). The summed E-state index contributed by atoms with van der Waals surface area (Å²) in [6, 6.07) is 7.14. The molecule has 1 aliphatic rings. The van der Waals surface area contributed by atoms with Crippen LogP contribution in [0.4, 0.5) is 5.69 Å². The van der Waals surface area contributed by atoms with Gasteiger partial charge in [-0.25, -0.2) is 8.42 Å². The lowest BCUT2D eigenvalue weighted by atomic mass is 10.0. The van der Waals surface area contributed by atoms with Gasteiger partial charge >= 0.3 is 0 Å². The van der Waals surface area contributed by atoms with Gasteiger partial charge in [0.2, 0.25) is 15.9 Å². The average Bonchev–Trinajstić information content (AvgIpc) is 2.60. The highest BCUT2D eigenvalue weighted by atomic mass is 32.2. The van der Waals surface area contributed by atoms with E-state index in [9.17, 15) is 13.2 Å². The van der Waals surface area contributed by atoms with E-state index in [1.54, 1.807) is 12.1 Å². The van der Waals surface area contributed by atoms with Gasteiger partial charge in [-0.3, -0.25) is 9.10 Å². The van der Waals surface area contributed by atoms with Gasteiger partial charge in [0.05, 0.1) is 11.9 Å². The van der Waals surface area contributed by atoms with Gasteiger partial charge in [-0.15, -0.1) is 0 Å². The quantitative estimate of drug-likeness (QED) is 0.648. The molecule has 0 spiro atoms. The molecule has 0 aromatic heterocycles. The number of nitrogens with one attached hydrogen (secondary N) is 1. The highest BCUT2D eigenvalue weighted by Crippen LogP contribution is 2.28. The first-order chi connectivity index (χ1) is 12.4. The first-order valence-corrected chi connectivity index (χ1v) is 12.2. The van der Waals surface area contributed by atoms with Crippen molar-refractivity contribution in [1.29, 1.82) is 0 Å². The molecule has 0 saturated heterocycles. The van der Waals surface area contributed by atoms with Crippen molar-refractivity contribution in [3.8, 4) is 0 Å². The molecule has 7 heteroatoms. The summed E-state index contributed by atoms with van der Waals surface area (Å²) in [5, 5.41) is 3.63. The number of thioether (sulfide) groups is 1. The Kier molecular flexibility index (Phi) is 8.28. The molecular weight excluding hydrogens is 368 g/mol. The number of nitrogens with zero attached hydrogens (tertiary/aromatic N) is 1. The predicted molar refractivity (Wildman–Crippen MR) is 110 cm³/mol. The maximum Gasteiger partial charge on any atom is 0.240 e. The summed E-state index contributed by atoms with van der Waals surface area (Å²) >= 11 is 2.01. The van der Waals surface area contributed by atoms with Gasteiger partial charge in [0, 0.05) is 11.8 Å². The first kappa shape index (κ1) is 21.1. The van der Waals surface area contributed by atoms with E-state index in [-0.39, 0.29) is 12.5 Å². The molecule has 0 atom stereocenters. The fraction of sp³-hybridized carbons (Fsp3) is 0.632. The Bertz CT molecular complexity index is 669. The van der Waals surface area contributed by atoms with Gasteiger partial charge in [-0.05, 0) is 44.1 Å². The van der Waals surface area contributed by atoms with Crippen LogP contribution in [0.15, 0.2) is 24.3 Å². The molecule has 1 amide bonds. The molecule has 0 unspecified atom stereocenters. The summed E-state index contributed by atoms with van der Waals surface area (Å²) in [7, 11) is -3.51. The van der Waals surface area contributed by atoms with Crippen molar-refractivity contribution in [2.45, 2.75) is 50.7 Å². The average molecular weight is 399 g/mol. The third-order valence-electron chi connectivity index (χ3n) is 4.56. The van der Waals surface area contributed by atoms with Crippen LogP contribution in [-0.4, -0.2) is 44.7 Å². The Morgan fingerprint density at radius 1 is 1.19 bits per heavy atom. The molecule has 146 valence electrons. The normalized spacial score (nSPS) is 15.6. The molecule has 1 aliphatic carbocycles. The summed E-state index contributed by atoms with van der Waals surface area (Å²) in [4.78, 5) is 12.2. The Morgan fingerprint density at radius 3 is 2.46 bits per heavy atom. The van der Waals surface area contributed by atoms with Crippen LogP contribution in [0, 0.1) is 6.92 Å². The van der Waals surface area contributed by atoms with E-state index in [0.29, 0.717) is 12.2 Å². The van der Waals surface area contributed by atoms with Gasteiger partial charge < -0.3 is 5.32 Å². The molecule has 0 radical (unpaired) electrons. The molecule has 0 bridgehead atoms. The fourth-order valence-electron chi connectivity index (χ4n) is 3.08. The van der Waals surface area contributed by atoms with Crippen LogP contribution < -0.4 is 9.62 Å². The number of carbonyl (C=O) groups is 1. The van der Waals surface area contributed by atoms with Crippen molar-refractivity contribution in [3.05, 3.63) is 29.8 Å². The SMILES string of the molecule is Cc1ccc(N(CC(=O)NCCCSC2CCCCC2)S(C)(=O)=O)cc1. The monoisotopic (exact) mass is 398 g/mol. The number of hydrogen-bond donors (Lipinski definition) is 1. The van der Waals surface area contributed by atoms with E-state index < -0.39 is 10.0 Å². The zero-order valence-electron chi connectivity index (χ0n) is 15.7. The largest absolute Gasteiger partial charge is 0.354 e.